The molecule has 0 aliphatic heterocycles. The minimum absolute atomic E-state index is 0.117. The molecule has 0 bridgehead atoms. The molecule has 1 fully saturated rings. The molecule has 0 radical (unpaired) electrons. The topological polar surface area (TPSA) is 56.6 Å². The maximum Gasteiger partial charge on any atom is 0.315 e. The third kappa shape index (κ3) is 4.91. The van der Waals surface area contributed by atoms with Crippen molar-refractivity contribution >= 4 is 16.7 Å². The minimum Gasteiger partial charge on any atom is -0.492 e. The van der Waals surface area contributed by atoms with Crippen LogP contribution >= 0.6 is 0 Å². The number of hydrogen-bond donors (Lipinski definition) is 0. The van der Waals surface area contributed by atoms with Gasteiger partial charge in [-0.25, -0.2) is 4.98 Å². The summed E-state index contributed by atoms with van der Waals surface area (Å²) in [5.74, 6) is 0.673. The van der Waals surface area contributed by atoms with E-state index in [2.05, 4.69) is 65.8 Å². The van der Waals surface area contributed by atoms with Gasteiger partial charge in [-0.05, 0) is 75.3 Å². The Morgan fingerprint density at radius 3 is 2.55 bits per heavy atom. The molecule has 33 heavy (non-hydrogen) atoms. The van der Waals surface area contributed by atoms with E-state index in [0.29, 0.717) is 19.3 Å². The first kappa shape index (κ1) is 23.3. The van der Waals surface area contributed by atoms with E-state index in [1.807, 2.05) is 31.7 Å². The summed E-state index contributed by atoms with van der Waals surface area (Å²) in [7, 11) is 4.21. The predicted molar refractivity (Wildman–Crippen MR) is 130 cm³/mol. The number of hydrogen-bond acceptors (Lipinski definition) is 5. The fraction of sp³-hybridized carbons (Fsp3) is 0.481. The first-order valence-corrected chi connectivity index (χ1v) is 11.9. The summed E-state index contributed by atoms with van der Waals surface area (Å²) in [5.41, 5.74) is 0.734. The Morgan fingerprint density at radius 2 is 1.88 bits per heavy atom. The first-order valence-electron chi connectivity index (χ1n) is 11.9. The number of rotatable bonds is 9. The second-order valence-corrected chi connectivity index (χ2v) is 9.42. The van der Waals surface area contributed by atoms with E-state index in [4.69, 9.17) is 9.47 Å². The van der Waals surface area contributed by atoms with Crippen LogP contribution in [0.15, 0.2) is 55.1 Å². The molecule has 0 amide bonds. The van der Waals surface area contributed by atoms with Crippen molar-refractivity contribution in [3.8, 4) is 5.75 Å². The summed E-state index contributed by atoms with van der Waals surface area (Å²) in [6.07, 6.45) is 9.50. The van der Waals surface area contributed by atoms with Crippen LogP contribution in [0.3, 0.4) is 0 Å². The molecular formula is C27H35N3O3. The van der Waals surface area contributed by atoms with Crippen molar-refractivity contribution in [3.05, 3.63) is 60.7 Å². The molecule has 6 heteroatoms. The van der Waals surface area contributed by atoms with Crippen LogP contribution in [0.25, 0.3) is 10.8 Å². The second kappa shape index (κ2) is 9.96. The van der Waals surface area contributed by atoms with E-state index >= 15 is 0 Å². The third-order valence-corrected chi connectivity index (χ3v) is 7.08. The average molecular weight is 450 g/mol. The lowest BCUT2D eigenvalue weighted by Gasteiger charge is -2.31. The molecule has 2 aromatic carbocycles. The first-order chi connectivity index (χ1) is 15.9. The highest BCUT2D eigenvalue weighted by atomic mass is 16.5. The van der Waals surface area contributed by atoms with Crippen LogP contribution < -0.4 is 4.74 Å². The van der Waals surface area contributed by atoms with Crippen molar-refractivity contribution in [2.24, 2.45) is 5.41 Å². The summed E-state index contributed by atoms with van der Waals surface area (Å²) in [5, 5.41) is 2.28. The molecule has 4 rings (SSSR count). The molecule has 6 nitrogen and oxygen atoms in total. The van der Waals surface area contributed by atoms with Crippen LogP contribution in [0.1, 0.15) is 51.1 Å². The van der Waals surface area contributed by atoms with Gasteiger partial charge in [0, 0.05) is 18.4 Å². The van der Waals surface area contributed by atoms with Gasteiger partial charge in [0.2, 0.25) is 0 Å². The smallest absolute Gasteiger partial charge is 0.315 e. The SMILES string of the molecule is CCOC(=O)C1(COc2ccc3cc(C(C(C)N(C)C)n4ccnc4)ccc3c2)CCCC1. The Morgan fingerprint density at radius 1 is 1.15 bits per heavy atom. The van der Waals surface area contributed by atoms with Crippen molar-refractivity contribution in [2.75, 3.05) is 27.3 Å². The summed E-state index contributed by atoms with van der Waals surface area (Å²) in [4.78, 5) is 19.1. The van der Waals surface area contributed by atoms with Crippen LogP contribution in [-0.2, 0) is 9.53 Å². The van der Waals surface area contributed by atoms with Crippen molar-refractivity contribution in [1.82, 2.24) is 14.5 Å². The van der Waals surface area contributed by atoms with Gasteiger partial charge in [-0.2, -0.15) is 0 Å². The Bertz CT molecular complexity index is 1070. The molecule has 2 unspecified atom stereocenters. The van der Waals surface area contributed by atoms with Crippen LogP contribution in [0, 0.1) is 5.41 Å². The number of benzene rings is 2. The number of aromatic nitrogens is 2. The maximum atomic E-state index is 12.6. The number of esters is 1. The fourth-order valence-corrected chi connectivity index (χ4v) is 4.90. The van der Waals surface area contributed by atoms with Gasteiger partial charge in [-0.3, -0.25) is 4.79 Å². The Labute approximate surface area is 196 Å². The van der Waals surface area contributed by atoms with Gasteiger partial charge < -0.3 is 18.9 Å². The van der Waals surface area contributed by atoms with E-state index in [0.717, 1.165) is 42.2 Å². The van der Waals surface area contributed by atoms with Crippen LogP contribution in [0.4, 0.5) is 0 Å². The Hall–Kier alpha value is -2.86. The number of ether oxygens (including phenoxy) is 2. The summed E-state index contributed by atoms with van der Waals surface area (Å²) in [6, 6.07) is 13.2. The number of nitrogens with zero attached hydrogens (tertiary/aromatic N) is 3. The largest absolute Gasteiger partial charge is 0.492 e. The fourth-order valence-electron chi connectivity index (χ4n) is 4.90. The van der Waals surface area contributed by atoms with Crippen LogP contribution in [0.2, 0.25) is 0 Å². The number of carbonyl (C=O) groups excluding carboxylic acids is 1. The highest BCUT2D eigenvalue weighted by Gasteiger charge is 2.43. The average Bonchev–Trinajstić information content (AvgIpc) is 3.51. The lowest BCUT2D eigenvalue weighted by Crippen LogP contribution is -2.36. The minimum atomic E-state index is -0.505. The highest BCUT2D eigenvalue weighted by Crippen LogP contribution is 2.40. The molecule has 176 valence electrons. The van der Waals surface area contributed by atoms with E-state index in [9.17, 15) is 4.79 Å². The molecule has 1 aliphatic rings. The lowest BCUT2D eigenvalue weighted by atomic mass is 9.87. The molecule has 1 aliphatic carbocycles. The van der Waals surface area contributed by atoms with Gasteiger partial charge in [0.25, 0.3) is 0 Å². The maximum absolute atomic E-state index is 12.6. The molecule has 0 spiro atoms. The van der Waals surface area contributed by atoms with E-state index in [1.54, 1.807) is 0 Å². The normalized spacial score (nSPS) is 17.2. The quantitative estimate of drug-likeness (QED) is 0.427. The molecule has 1 heterocycles. The van der Waals surface area contributed by atoms with Crippen LogP contribution in [0.5, 0.6) is 5.75 Å². The van der Waals surface area contributed by atoms with Crippen molar-refractivity contribution in [3.63, 3.8) is 0 Å². The van der Waals surface area contributed by atoms with Gasteiger partial charge >= 0.3 is 5.97 Å². The van der Waals surface area contributed by atoms with Crippen molar-refractivity contribution in [2.45, 2.75) is 51.6 Å². The number of carbonyl (C=O) groups is 1. The highest BCUT2D eigenvalue weighted by molar-refractivity contribution is 5.84. The van der Waals surface area contributed by atoms with E-state index in [-0.39, 0.29) is 12.0 Å². The molecule has 0 saturated heterocycles. The summed E-state index contributed by atoms with van der Waals surface area (Å²) in [6.45, 7) is 4.87. The molecule has 0 N–H and O–H groups in total. The second-order valence-electron chi connectivity index (χ2n) is 9.42. The number of likely N-dealkylation sites (N-methyl/N-ethyl adjacent to an activating group) is 1. The van der Waals surface area contributed by atoms with E-state index in [1.165, 1.54) is 5.56 Å². The Balaban J connectivity index is 1.56. The summed E-state index contributed by atoms with van der Waals surface area (Å²) >= 11 is 0. The molecule has 2 atom stereocenters. The van der Waals surface area contributed by atoms with Gasteiger partial charge in [0.15, 0.2) is 0 Å². The van der Waals surface area contributed by atoms with Crippen LogP contribution in [-0.4, -0.2) is 53.8 Å². The number of imidazole rings is 1. The van der Waals surface area contributed by atoms with Crippen molar-refractivity contribution in [1.29, 1.82) is 0 Å². The van der Waals surface area contributed by atoms with Gasteiger partial charge in [-0.1, -0.05) is 31.0 Å². The predicted octanol–water partition coefficient (Wildman–Crippen LogP) is 5.08. The van der Waals surface area contributed by atoms with Gasteiger partial charge in [0.1, 0.15) is 17.8 Å². The Kier molecular flexibility index (Phi) is 7.03. The molecular weight excluding hydrogens is 414 g/mol. The zero-order valence-corrected chi connectivity index (χ0v) is 20.2. The van der Waals surface area contributed by atoms with Crippen molar-refractivity contribution < 1.29 is 14.3 Å². The number of fused-ring (bicyclic) bond motifs is 1. The van der Waals surface area contributed by atoms with E-state index < -0.39 is 5.41 Å². The monoisotopic (exact) mass is 449 g/mol. The molecule has 3 aromatic rings. The molecule has 1 aromatic heterocycles. The standard InChI is InChI=1S/C27H35N3O3/c1-5-32-26(31)27(12-6-7-13-27)18-33-24-11-10-21-16-23(9-8-22(21)17-24)25(20(2)29(3)4)30-15-14-28-19-30/h8-11,14-17,19-20,25H,5-7,12-13,18H2,1-4H3. The van der Waals surface area contributed by atoms with Gasteiger partial charge in [-0.15, -0.1) is 0 Å². The summed E-state index contributed by atoms with van der Waals surface area (Å²) < 4.78 is 13.7. The molecule has 1 saturated carbocycles. The van der Waals surface area contributed by atoms with Gasteiger partial charge in [0.05, 0.1) is 19.0 Å². The lowest BCUT2D eigenvalue weighted by molar-refractivity contribution is -0.157. The third-order valence-electron chi connectivity index (χ3n) is 7.08. The zero-order chi connectivity index (χ0) is 23.4. The zero-order valence-electron chi connectivity index (χ0n) is 20.2.